The average Bonchev–Trinajstić information content (AvgIpc) is 2.61. The summed E-state index contributed by atoms with van der Waals surface area (Å²) in [6.45, 7) is 3.21. The van der Waals surface area contributed by atoms with E-state index >= 15 is 0 Å². The Bertz CT molecular complexity index is 836. The number of halogens is 6. The number of ether oxygens (including phenoxy) is 1. The van der Waals surface area contributed by atoms with E-state index in [2.05, 4.69) is 4.98 Å². The van der Waals surface area contributed by atoms with Crippen LogP contribution < -0.4 is 20.4 Å². The summed E-state index contributed by atoms with van der Waals surface area (Å²) in [4.78, 5) is 14.7. The molecule has 0 aliphatic heterocycles. The molecule has 3 N–H and O–H groups in total. The van der Waals surface area contributed by atoms with E-state index in [9.17, 15) is 31.1 Å². The highest BCUT2D eigenvalue weighted by atomic mass is 19.4. The number of carbonyl (C=O) groups excluding carboxylic acids is 1. The molecule has 0 bridgehead atoms. The first kappa shape index (κ1) is 22.3. The van der Waals surface area contributed by atoms with Crippen molar-refractivity contribution < 1.29 is 40.9 Å². The molecule has 1 amide bonds. The molecule has 0 atom stereocenters. The predicted octanol–water partition coefficient (Wildman–Crippen LogP) is 3.87. The minimum atomic E-state index is -5.93. The zero-order valence-corrected chi connectivity index (χ0v) is 15.3. The van der Waals surface area contributed by atoms with Gasteiger partial charge in [-0.15, -0.1) is 0 Å². The average molecular weight is 422 g/mol. The molecular weight excluding hydrogens is 404 g/mol. The molecule has 0 radical (unpaired) electrons. The fraction of sp³-hybridized carbons (Fsp3) is 0.333. The van der Waals surface area contributed by atoms with Crippen LogP contribution in [0, 0.1) is 6.92 Å². The van der Waals surface area contributed by atoms with E-state index in [1.54, 1.807) is 13.8 Å². The van der Waals surface area contributed by atoms with Crippen molar-refractivity contribution in [3.8, 4) is 5.75 Å². The number of benzene rings is 1. The molecule has 1 heterocycles. The number of amides is 1. The van der Waals surface area contributed by atoms with Gasteiger partial charge in [-0.3, -0.25) is 10.1 Å². The van der Waals surface area contributed by atoms with Crippen molar-refractivity contribution in [1.29, 1.82) is 0 Å². The predicted molar refractivity (Wildman–Crippen MR) is 91.3 cm³/mol. The zero-order valence-electron chi connectivity index (χ0n) is 15.3. The van der Waals surface area contributed by atoms with E-state index in [0.717, 1.165) is 17.4 Å². The fourth-order valence-electron chi connectivity index (χ4n) is 2.43. The molecule has 1 aromatic carbocycles. The minimum absolute atomic E-state index is 0.0601. The second-order valence-electron chi connectivity index (χ2n) is 6.03. The van der Waals surface area contributed by atoms with Crippen molar-refractivity contribution in [2.75, 3.05) is 11.9 Å². The first-order valence-electron chi connectivity index (χ1n) is 8.35. The van der Waals surface area contributed by atoms with E-state index in [4.69, 9.17) is 4.74 Å². The van der Waals surface area contributed by atoms with Gasteiger partial charge < -0.3 is 4.74 Å². The summed E-state index contributed by atoms with van der Waals surface area (Å²) >= 11 is 0. The second kappa shape index (κ2) is 8.18. The standard InChI is InChI=1S/C18H17F6N3O2/c1-3-29-13-7-5-4-6-12(13)15(28)27-16(17(19,20)21,18(22,23)24)26-14-9-8-11(2)10-25-14/h4-10H,3H2,1-2H3,(H,25,26)(H,27,28)/p+1. The number of hydrogen-bond acceptors (Lipinski definition) is 3. The number of alkyl halides is 6. The molecule has 0 aliphatic rings. The van der Waals surface area contributed by atoms with Crippen molar-refractivity contribution in [3.63, 3.8) is 0 Å². The second-order valence-corrected chi connectivity index (χ2v) is 6.03. The van der Waals surface area contributed by atoms with Crippen LogP contribution in [0.3, 0.4) is 0 Å². The van der Waals surface area contributed by atoms with Crippen LogP contribution in [0.15, 0.2) is 42.6 Å². The lowest BCUT2D eigenvalue weighted by Gasteiger charge is -2.34. The lowest BCUT2D eigenvalue weighted by Crippen LogP contribution is -2.72. The molecule has 158 valence electrons. The number of rotatable bonds is 6. The van der Waals surface area contributed by atoms with Crippen molar-refractivity contribution in [1.82, 2.24) is 5.32 Å². The van der Waals surface area contributed by atoms with Crippen LogP contribution >= 0.6 is 0 Å². The first-order valence-corrected chi connectivity index (χ1v) is 8.35. The number of aryl methyl sites for hydroxylation is 1. The summed E-state index contributed by atoms with van der Waals surface area (Å²) in [5, 5.41) is 2.46. The third-order valence-electron chi connectivity index (χ3n) is 3.87. The Labute approximate surface area is 162 Å². The van der Waals surface area contributed by atoms with Crippen molar-refractivity contribution >= 4 is 11.7 Å². The molecule has 2 aromatic rings. The summed E-state index contributed by atoms with van der Waals surface area (Å²) in [6, 6.07) is 7.37. The first-order chi connectivity index (χ1) is 13.4. The molecule has 11 heteroatoms. The van der Waals surface area contributed by atoms with Gasteiger partial charge in [-0.1, -0.05) is 12.1 Å². The number of hydrogen-bond donors (Lipinski definition) is 2. The van der Waals surface area contributed by atoms with Crippen LogP contribution in [0.2, 0.25) is 0 Å². The Morgan fingerprint density at radius 3 is 2.17 bits per heavy atom. The van der Waals surface area contributed by atoms with E-state index < -0.39 is 35.3 Å². The largest absolute Gasteiger partial charge is 0.493 e. The highest BCUT2D eigenvalue weighted by molar-refractivity contribution is 5.97. The number of pyridine rings is 1. The van der Waals surface area contributed by atoms with Gasteiger partial charge in [0, 0.05) is 6.07 Å². The van der Waals surface area contributed by atoms with Crippen molar-refractivity contribution in [2.24, 2.45) is 0 Å². The van der Waals surface area contributed by atoms with Crippen LogP contribution in [0.1, 0.15) is 22.8 Å². The third kappa shape index (κ3) is 4.72. The van der Waals surface area contributed by atoms with Gasteiger partial charge in [-0.05, 0) is 37.6 Å². The monoisotopic (exact) mass is 422 g/mol. The topological polar surface area (TPSA) is 64.5 Å². The number of aromatic amines is 1. The number of carbonyl (C=O) groups is 1. The number of H-pyrrole nitrogens is 1. The molecular formula is C18H18F6N3O2+. The van der Waals surface area contributed by atoms with Gasteiger partial charge >= 0.3 is 18.0 Å². The molecule has 0 fully saturated rings. The van der Waals surface area contributed by atoms with E-state index in [0.29, 0.717) is 5.56 Å². The van der Waals surface area contributed by atoms with Crippen LogP contribution in [-0.2, 0) is 0 Å². The van der Waals surface area contributed by atoms with Gasteiger partial charge in [0.1, 0.15) is 5.75 Å². The zero-order chi connectivity index (χ0) is 21.9. The lowest BCUT2D eigenvalue weighted by molar-refractivity contribution is -0.367. The van der Waals surface area contributed by atoms with Gasteiger partial charge in [-0.2, -0.15) is 26.3 Å². The highest BCUT2D eigenvalue weighted by Gasteiger charge is 2.76. The lowest BCUT2D eigenvalue weighted by atomic mass is 10.1. The number of anilines is 1. The minimum Gasteiger partial charge on any atom is -0.493 e. The summed E-state index contributed by atoms with van der Waals surface area (Å²) in [6.07, 6.45) is -10.6. The normalized spacial score (nSPS) is 12.4. The van der Waals surface area contributed by atoms with Gasteiger partial charge in [-0.25, -0.2) is 10.3 Å². The maximum Gasteiger partial charge on any atom is 0.462 e. The molecule has 29 heavy (non-hydrogen) atoms. The van der Waals surface area contributed by atoms with Gasteiger partial charge in [0.2, 0.25) is 0 Å². The Morgan fingerprint density at radius 1 is 1.03 bits per heavy atom. The Balaban J connectivity index is 2.53. The third-order valence-corrected chi connectivity index (χ3v) is 3.87. The summed E-state index contributed by atoms with van der Waals surface area (Å²) < 4.78 is 87.4. The Morgan fingerprint density at radius 2 is 1.66 bits per heavy atom. The quantitative estimate of drug-likeness (QED) is 0.549. The molecule has 0 saturated carbocycles. The molecule has 0 unspecified atom stereocenters. The summed E-state index contributed by atoms with van der Waals surface area (Å²) in [7, 11) is 0. The Hall–Kier alpha value is -2.98. The summed E-state index contributed by atoms with van der Waals surface area (Å²) in [5.74, 6) is -2.35. The molecule has 1 aromatic heterocycles. The number of para-hydroxylation sites is 1. The van der Waals surface area contributed by atoms with Crippen LogP contribution in [-0.4, -0.2) is 30.5 Å². The highest BCUT2D eigenvalue weighted by Crippen LogP contribution is 2.43. The van der Waals surface area contributed by atoms with Crippen LogP contribution in [0.25, 0.3) is 0 Å². The van der Waals surface area contributed by atoms with Gasteiger partial charge in [0.15, 0.2) is 0 Å². The van der Waals surface area contributed by atoms with Crippen molar-refractivity contribution in [3.05, 3.63) is 53.7 Å². The number of nitrogens with one attached hydrogen (secondary N) is 3. The smallest absolute Gasteiger partial charge is 0.462 e. The molecule has 0 aliphatic carbocycles. The van der Waals surface area contributed by atoms with E-state index in [1.165, 1.54) is 35.8 Å². The molecule has 0 spiro atoms. The van der Waals surface area contributed by atoms with E-state index in [1.807, 2.05) is 0 Å². The molecule has 0 saturated heterocycles. The number of aromatic nitrogens is 1. The molecule has 5 nitrogen and oxygen atoms in total. The maximum atomic E-state index is 13.7. The maximum absolute atomic E-state index is 13.7. The van der Waals surface area contributed by atoms with Crippen LogP contribution in [0.4, 0.5) is 32.2 Å². The van der Waals surface area contributed by atoms with Crippen LogP contribution in [0.5, 0.6) is 5.75 Å². The SMILES string of the molecule is CCOc1ccccc1C(=O)NC(Nc1ccc(C)c[nH+]1)(C(F)(F)F)C(F)(F)F. The van der Waals surface area contributed by atoms with Gasteiger partial charge in [0.25, 0.3) is 11.7 Å². The molecule has 2 rings (SSSR count). The Kier molecular flexibility index (Phi) is 6.29. The van der Waals surface area contributed by atoms with E-state index in [-0.39, 0.29) is 12.4 Å². The fourth-order valence-corrected chi connectivity index (χ4v) is 2.43. The van der Waals surface area contributed by atoms with Crippen molar-refractivity contribution in [2.45, 2.75) is 31.9 Å². The van der Waals surface area contributed by atoms with Gasteiger partial charge in [0.05, 0.1) is 18.4 Å². The summed E-state index contributed by atoms with van der Waals surface area (Å²) in [5.41, 5.74) is -4.64.